The zero-order valence-corrected chi connectivity index (χ0v) is 18.6. The molecule has 3 atom stereocenters. The fraction of sp³-hybridized carbons (Fsp3) is 0.346. The molecule has 6 nitrogen and oxygen atoms in total. The van der Waals surface area contributed by atoms with Crippen molar-refractivity contribution < 1.29 is 19.4 Å². The summed E-state index contributed by atoms with van der Waals surface area (Å²) in [7, 11) is 1.16. The molecule has 32 heavy (non-hydrogen) atoms. The number of likely N-dealkylation sites (tertiary alicyclic amines) is 1. The molecule has 1 aliphatic carbocycles. The third kappa shape index (κ3) is 3.09. The fourth-order valence-corrected chi connectivity index (χ4v) is 5.17. The summed E-state index contributed by atoms with van der Waals surface area (Å²) < 4.78 is 4.91. The largest absolute Gasteiger partial charge is 0.465 e. The molecule has 2 N–H and O–H groups in total. The van der Waals surface area contributed by atoms with Crippen LogP contribution in [-0.2, 0) is 20.9 Å². The highest BCUT2D eigenvalue weighted by Crippen LogP contribution is 2.57. The van der Waals surface area contributed by atoms with Gasteiger partial charge in [-0.25, -0.2) is 4.79 Å². The van der Waals surface area contributed by atoms with E-state index in [9.17, 15) is 14.7 Å². The average Bonchev–Trinajstić information content (AvgIpc) is 2.97. The lowest BCUT2D eigenvalue weighted by molar-refractivity contribution is -0.175. The first-order valence-electron chi connectivity index (χ1n) is 10.7. The number of hydrogen-bond acceptors (Lipinski definition) is 5. The first-order valence-corrected chi connectivity index (χ1v) is 10.7. The van der Waals surface area contributed by atoms with Gasteiger partial charge in [-0.05, 0) is 37.8 Å². The topological polar surface area (TPSA) is 90.7 Å². The molecule has 0 bridgehead atoms. The van der Waals surface area contributed by atoms with Gasteiger partial charge >= 0.3 is 5.97 Å². The van der Waals surface area contributed by atoms with Gasteiger partial charge < -0.3 is 15.3 Å². The van der Waals surface area contributed by atoms with Crippen LogP contribution in [0.2, 0.25) is 0 Å². The van der Waals surface area contributed by atoms with Crippen molar-refractivity contribution in [2.75, 3.05) is 7.11 Å². The van der Waals surface area contributed by atoms with Crippen LogP contribution < -0.4 is 0 Å². The Kier molecular flexibility index (Phi) is 5.51. The molecular formula is C26H28N2O4. The number of carbonyl (C=O) groups is 2. The minimum Gasteiger partial charge on any atom is -0.465 e. The minimum absolute atomic E-state index is 0.00133. The number of amides is 1. The molecular weight excluding hydrogens is 404 g/mol. The predicted octanol–water partition coefficient (Wildman–Crippen LogP) is 3.81. The van der Waals surface area contributed by atoms with Gasteiger partial charge in [0.25, 0.3) is 5.72 Å². The van der Waals surface area contributed by atoms with Crippen LogP contribution >= 0.6 is 0 Å². The molecule has 0 aromatic heterocycles. The van der Waals surface area contributed by atoms with Crippen molar-refractivity contribution in [2.45, 2.75) is 44.9 Å². The maximum absolute atomic E-state index is 14.2. The highest BCUT2D eigenvalue weighted by Gasteiger charge is 2.70. The van der Waals surface area contributed by atoms with E-state index in [2.05, 4.69) is 0 Å². The maximum atomic E-state index is 14.2. The second-order valence-electron chi connectivity index (χ2n) is 8.79. The quantitative estimate of drug-likeness (QED) is 0.568. The van der Waals surface area contributed by atoms with Crippen molar-refractivity contribution >= 4 is 17.6 Å². The Morgan fingerprint density at radius 1 is 1.09 bits per heavy atom. The van der Waals surface area contributed by atoms with E-state index in [0.717, 1.165) is 34.3 Å². The fourth-order valence-electron chi connectivity index (χ4n) is 5.17. The van der Waals surface area contributed by atoms with Gasteiger partial charge in [-0.15, -0.1) is 0 Å². The van der Waals surface area contributed by atoms with E-state index in [1.807, 2.05) is 74.5 Å². The smallest absolute Gasteiger partial charge is 0.366 e. The molecule has 0 unspecified atom stereocenters. The lowest BCUT2D eigenvalue weighted by Crippen LogP contribution is -2.56. The monoisotopic (exact) mass is 432 g/mol. The Morgan fingerprint density at radius 3 is 2.28 bits per heavy atom. The zero-order valence-electron chi connectivity index (χ0n) is 18.6. The van der Waals surface area contributed by atoms with Crippen LogP contribution in [0.5, 0.6) is 0 Å². The SMILES string of the molecule is COC(=O)[C@@]1(O)C(=N)[C@]2(CC(C)=C(C)C[C@H]2c2ccccc2)C(=O)N1Cc1ccccc1. The van der Waals surface area contributed by atoms with Gasteiger partial charge in [-0.3, -0.25) is 9.69 Å². The summed E-state index contributed by atoms with van der Waals surface area (Å²) in [6.07, 6.45) is 0.848. The standard InChI is InChI=1S/C26H28N2O4/c1-17-14-21(20-12-8-5-9-13-20)25(15-18(17)2)22(27)26(31,24(30)32-3)28(23(25)29)16-19-10-6-4-7-11-19/h4-13,21,27,31H,14-16H2,1-3H3/t21-,25+,26-/m0/s1. The predicted molar refractivity (Wildman–Crippen MR) is 121 cm³/mol. The number of nitrogens with one attached hydrogen (secondary N) is 1. The molecule has 1 aliphatic heterocycles. The summed E-state index contributed by atoms with van der Waals surface area (Å²) in [5.41, 5.74) is -0.298. The number of allylic oxidation sites excluding steroid dienone is 2. The van der Waals surface area contributed by atoms with Gasteiger partial charge in [0.2, 0.25) is 5.91 Å². The van der Waals surface area contributed by atoms with E-state index in [1.165, 1.54) is 0 Å². The maximum Gasteiger partial charge on any atom is 0.366 e. The van der Waals surface area contributed by atoms with Gasteiger partial charge in [0, 0.05) is 12.5 Å². The lowest BCUT2D eigenvalue weighted by Gasteiger charge is -2.41. The molecule has 0 radical (unpaired) electrons. The average molecular weight is 433 g/mol. The number of ether oxygens (including phenoxy) is 1. The number of rotatable bonds is 4. The number of benzene rings is 2. The van der Waals surface area contributed by atoms with E-state index >= 15 is 0 Å². The number of hydrogen-bond donors (Lipinski definition) is 2. The summed E-state index contributed by atoms with van der Waals surface area (Å²) in [5.74, 6) is -1.80. The second-order valence-corrected chi connectivity index (χ2v) is 8.79. The van der Waals surface area contributed by atoms with Gasteiger partial charge in [0.1, 0.15) is 5.41 Å². The third-order valence-electron chi connectivity index (χ3n) is 7.05. The van der Waals surface area contributed by atoms with E-state index in [0.29, 0.717) is 6.42 Å². The number of carbonyl (C=O) groups excluding carboxylic acids is 2. The van der Waals surface area contributed by atoms with E-state index in [4.69, 9.17) is 10.1 Å². The molecule has 1 fully saturated rings. The Bertz CT molecular complexity index is 1100. The van der Waals surface area contributed by atoms with Crippen molar-refractivity contribution in [3.05, 3.63) is 82.9 Å². The van der Waals surface area contributed by atoms with Gasteiger partial charge in [-0.2, -0.15) is 0 Å². The second kappa shape index (κ2) is 8.02. The Hall–Kier alpha value is -3.25. The molecule has 1 spiro atoms. The van der Waals surface area contributed by atoms with Crippen molar-refractivity contribution in [1.29, 1.82) is 5.41 Å². The first-order chi connectivity index (χ1) is 15.3. The van der Waals surface area contributed by atoms with E-state index in [1.54, 1.807) is 0 Å². The summed E-state index contributed by atoms with van der Waals surface area (Å²) in [6.45, 7) is 3.99. The van der Waals surface area contributed by atoms with Crippen LogP contribution in [0.25, 0.3) is 0 Å². The highest BCUT2D eigenvalue weighted by atomic mass is 16.5. The van der Waals surface area contributed by atoms with Crippen molar-refractivity contribution in [1.82, 2.24) is 4.90 Å². The number of nitrogens with zero attached hydrogens (tertiary/aromatic N) is 1. The third-order valence-corrected chi connectivity index (χ3v) is 7.05. The highest BCUT2D eigenvalue weighted by molar-refractivity contribution is 6.26. The Balaban J connectivity index is 1.91. The van der Waals surface area contributed by atoms with Gasteiger partial charge in [0.05, 0.1) is 12.8 Å². The van der Waals surface area contributed by atoms with Crippen LogP contribution in [0, 0.1) is 10.8 Å². The molecule has 4 rings (SSSR count). The first kappa shape index (κ1) is 22.0. The summed E-state index contributed by atoms with van der Waals surface area (Å²) in [5, 5.41) is 20.7. The zero-order chi connectivity index (χ0) is 23.1. The molecule has 2 aliphatic rings. The molecule has 2 aromatic carbocycles. The summed E-state index contributed by atoms with van der Waals surface area (Å²) >= 11 is 0. The molecule has 1 amide bonds. The summed E-state index contributed by atoms with van der Waals surface area (Å²) in [4.78, 5) is 28.2. The van der Waals surface area contributed by atoms with Crippen LogP contribution in [0.1, 0.15) is 43.7 Å². The number of methoxy groups -OCH3 is 1. The molecule has 1 heterocycles. The van der Waals surface area contributed by atoms with E-state index < -0.39 is 23.0 Å². The van der Waals surface area contributed by atoms with Crippen LogP contribution in [0.3, 0.4) is 0 Å². The van der Waals surface area contributed by atoms with Crippen molar-refractivity contribution in [3.63, 3.8) is 0 Å². The van der Waals surface area contributed by atoms with Crippen molar-refractivity contribution in [3.8, 4) is 0 Å². The summed E-state index contributed by atoms with van der Waals surface area (Å²) in [6, 6.07) is 18.8. The van der Waals surface area contributed by atoms with Gasteiger partial charge in [0.15, 0.2) is 0 Å². The molecule has 0 saturated carbocycles. The van der Waals surface area contributed by atoms with Crippen LogP contribution in [0.4, 0.5) is 0 Å². The van der Waals surface area contributed by atoms with Crippen molar-refractivity contribution in [2.24, 2.45) is 5.41 Å². The molecule has 1 saturated heterocycles. The lowest BCUT2D eigenvalue weighted by atomic mass is 9.60. The minimum atomic E-state index is -2.46. The Morgan fingerprint density at radius 2 is 1.69 bits per heavy atom. The Labute approximate surface area is 188 Å². The molecule has 6 heteroatoms. The normalized spacial score (nSPS) is 27.9. The number of esters is 1. The molecule has 166 valence electrons. The van der Waals surface area contributed by atoms with Crippen LogP contribution in [0.15, 0.2) is 71.8 Å². The molecule has 2 aromatic rings. The van der Waals surface area contributed by atoms with E-state index in [-0.39, 0.29) is 24.6 Å². The number of aliphatic hydroxyl groups is 1. The van der Waals surface area contributed by atoms with Gasteiger partial charge in [-0.1, -0.05) is 71.8 Å². The van der Waals surface area contributed by atoms with Crippen LogP contribution in [-0.4, -0.2) is 40.4 Å².